The molecule has 140 valence electrons. The first-order valence-corrected chi connectivity index (χ1v) is 9.09. The van der Waals surface area contributed by atoms with Crippen LogP contribution in [0.15, 0.2) is 10.6 Å². The van der Waals surface area contributed by atoms with Crippen LogP contribution in [-0.4, -0.2) is 46.6 Å². The Labute approximate surface area is 151 Å². The lowest BCUT2D eigenvalue weighted by atomic mass is 10.1. The minimum absolute atomic E-state index is 0.122. The molecule has 0 bridgehead atoms. The predicted molar refractivity (Wildman–Crippen MR) is 91.8 cm³/mol. The molecule has 3 heterocycles. The molecule has 0 radical (unpaired) electrons. The molecule has 2 fully saturated rings. The topological polar surface area (TPSA) is 102 Å². The van der Waals surface area contributed by atoms with Crippen LogP contribution in [0.2, 0.25) is 0 Å². The molecule has 26 heavy (non-hydrogen) atoms. The maximum atomic E-state index is 12.5. The average molecular weight is 360 g/mol. The van der Waals surface area contributed by atoms with Crippen molar-refractivity contribution < 1.29 is 18.8 Å². The number of ether oxygens (including phenoxy) is 2. The van der Waals surface area contributed by atoms with E-state index in [2.05, 4.69) is 20.7 Å². The summed E-state index contributed by atoms with van der Waals surface area (Å²) in [4.78, 5) is 12.5. The first kappa shape index (κ1) is 17.2. The van der Waals surface area contributed by atoms with Crippen molar-refractivity contribution in [3.8, 4) is 0 Å². The second-order valence-electron chi connectivity index (χ2n) is 7.08. The molecule has 1 aliphatic carbocycles. The second-order valence-corrected chi connectivity index (χ2v) is 7.08. The number of hydrogen-bond acceptors (Lipinski definition) is 6. The molecule has 8 nitrogen and oxygen atoms in total. The number of carbonyl (C=O) groups is 1. The number of amides is 1. The summed E-state index contributed by atoms with van der Waals surface area (Å²) in [6, 6.07) is 1.63. The van der Waals surface area contributed by atoms with Crippen molar-refractivity contribution in [2.75, 3.05) is 13.2 Å². The third kappa shape index (κ3) is 3.66. The smallest absolute Gasteiger partial charge is 0.272 e. The summed E-state index contributed by atoms with van der Waals surface area (Å²) in [5, 5.41) is 14.1. The van der Waals surface area contributed by atoms with Gasteiger partial charge in [0.1, 0.15) is 11.5 Å². The quantitative estimate of drug-likeness (QED) is 0.817. The maximum absolute atomic E-state index is 12.5. The van der Waals surface area contributed by atoms with Crippen molar-refractivity contribution in [1.29, 1.82) is 0 Å². The van der Waals surface area contributed by atoms with Crippen LogP contribution < -0.4 is 5.32 Å². The van der Waals surface area contributed by atoms with Gasteiger partial charge in [-0.3, -0.25) is 9.89 Å². The van der Waals surface area contributed by atoms with Crippen LogP contribution in [-0.2, 0) is 16.1 Å². The molecule has 4 rings (SSSR count). The highest BCUT2D eigenvalue weighted by atomic mass is 16.5. The fourth-order valence-corrected chi connectivity index (χ4v) is 3.25. The van der Waals surface area contributed by atoms with Gasteiger partial charge in [-0.15, -0.1) is 0 Å². The monoisotopic (exact) mass is 360 g/mol. The molecule has 2 aromatic heterocycles. The van der Waals surface area contributed by atoms with Crippen molar-refractivity contribution in [3.63, 3.8) is 0 Å². The average Bonchev–Trinajstić information content (AvgIpc) is 3.28. The number of aromatic nitrogens is 3. The second kappa shape index (κ2) is 7.20. The van der Waals surface area contributed by atoms with Crippen LogP contribution in [0.4, 0.5) is 0 Å². The van der Waals surface area contributed by atoms with E-state index in [4.69, 9.17) is 14.0 Å². The Morgan fingerprint density at radius 1 is 1.38 bits per heavy atom. The highest BCUT2D eigenvalue weighted by Gasteiger charge is 2.31. The highest BCUT2D eigenvalue weighted by Crippen LogP contribution is 2.39. The lowest BCUT2D eigenvalue weighted by molar-refractivity contribution is -0.0608. The predicted octanol–water partition coefficient (Wildman–Crippen LogP) is 2.00. The summed E-state index contributed by atoms with van der Waals surface area (Å²) in [7, 11) is 0. The van der Waals surface area contributed by atoms with Gasteiger partial charge in [-0.05, 0) is 39.2 Å². The number of carbonyl (C=O) groups excluding carboxylic acids is 1. The Hall–Kier alpha value is -2.19. The Bertz CT molecular complexity index is 761. The Kier molecular flexibility index (Phi) is 4.78. The molecule has 0 aromatic carbocycles. The number of aromatic amines is 1. The molecule has 1 amide bonds. The summed E-state index contributed by atoms with van der Waals surface area (Å²) in [5.41, 5.74) is 3.26. The summed E-state index contributed by atoms with van der Waals surface area (Å²) in [5.74, 6) is 1.10. The number of nitrogens with one attached hydrogen (secondary N) is 2. The van der Waals surface area contributed by atoms with Gasteiger partial charge in [0.25, 0.3) is 5.91 Å². The van der Waals surface area contributed by atoms with Gasteiger partial charge in [-0.25, -0.2) is 0 Å². The molecular weight excluding hydrogens is 336 g/mol. The fourth-order valence-electron chi connectivity index (χ4n) is 3.25. The molecule has 1 saturated heterocycles. The highest BCUT2D eigenvalue weighted by molar-refractivity contribution is 5.92. The number of rotatable bonds is 6. The van der Waals surface area contributed by atoms with Crippen LogP contribution in [0, 0.1) is 13.8 Å². The molecule has 2 aromatic rings. The SMILES string of the molecule is Cc1noc(C)c1CO[C@@H]1CCOC[C@@H]1NC(=O)c1cc(C2CC2)[nH]n1. The molecule has 0 spiro atoms. The van der Waals surface area contributed by atoms with E-state index in [0.29, 0.717) is 31.4 Å². The van der Waals surface area contributed by atoms with Crippen molar-refractivity contribution in [2.24, 2.45) is 0 Å². The normalized spacial score (nSPS) is 23.2. The van der Waals surface area contributed by atoms with E-state index >= 15 is 0 Å². The first-order valence-electron chi connectivity index (χ1n) is 9.09. The van der Waals surface area contributed by atoms with Crippen LogP contribution in [0.3, 0.4) is 0 Å². The Morgan fingerprint density at radius 2 is 2.23 bits per heavy atom. The zero-order chi connectivity index (χ0) is 18.1. The third-order valence-corrected chi connectivity index (χ3v) is 5.08. The van der Waals surface area contributed by atoms with E-state index in [9.17, 15) is 4.79 Å². The van der Waals surface area contributed by atoms with Crippen molar-refractivity contribution in [3.05, 3.63) is 34.5 Å². The third-order valence-electron chi connectivity index (χ3n) is 5.08. The minimum Gasteiger partial charge on any atom is -0.379 e. The van der Waals surface area contributed by atoms with Gasteiger partial charge in [-0.2, -0.15) is 5.10 Å². The molecule has 2 aliphatic rings. The van der Waals surface area contributed by atoms with Crippen LogP contribution >= 0.6 is 0 Å². The first-order chi connectivity index (χ1) is 12.6. The largest absolute Gasteiger partial charge is 0.379 e. The molecule has 2 atom stereocenters. The van der Waals surface area contributed by atoms with Gasteiger partial charge in [0.05, 0.1) is 31.1 Å². The molecule has 1 saturated carbocycles. The van der Waals surface area contributed by atoms with E-state index in [1.807, 2.05) is 19.9 Å². The van der Waals surface area contributed by atoms with Crippen LogP contribution in [0.25, 0.3) is 0 Å². The molecule has 1 aliphatic heterocycles. The van der Waals surface area contributed by atoms with Crippen molar-refractivity contribution >= 4 is 5.91 Å². The summed E-state index contributed by atoms with van der Waals surface area (Å²) < 4.78 is 16.8. The van der Waals surface area contributed by atoms with E-state index in [0.717, 1.165) is 42.0 Å². The van der Waals surface area contributed by atoms with Gasteiger partial charge in [-0.1, -0.05) is 5.16 Å². The van der Waals surface area contributed by atoms with E-state index in [1.165, 1.54) is 0 Å². The lowest BCUT2D eigenvalue weighted by Crippen LogP contribution is -2.50. The maximum Gasteiger partial charge on any atom is 0.272 e. The van der Waals surface area contributed by atoms with Gasteiger partial charge in [0.15, 0.2) is 0 Å². The fraction of sp³-hybridized carbons (Fsp3) is 0.611. The minimum atomic E-state index is -0.210. The number of aryl methyl sites for hydroxylation is 2. The Morgan fingerprint density at radius 3 is 2.96 bits per heavy atom. The number of nitrogens with zero attached hydrogens (tertiary/aromatic N) is 2. The van der Waals surface area contributed by atoms with Crippen molar-refractivity contribution in [1.82, 2.24) is 20.7 Å². The van der Waals surface area contributed by atoms with E-state index in [-0.39, 0.29) is 18.1 Å². The van der Waals surface area contributed by atoms with Crippen LogP contribution in [0.1, 0.15) is 58.4 Å². The Balaban J connectivity index is 1.37. The summed E-state index contributed by atoms with van der Waals surface area (Å²) >= 11 is 0. The van der Waals surface area contributed by atoms with Crippen LogP contribution in [0.5, 0.6) is 0 Å². The van der Waals surface area contributed by atoms with Gasteiger partial charge in [0.2, 0.25) is 0 Å². The summed E-state index contributed by atoms with van der Waals surface area (Å²) in [6.07, 6.45) is 2.93. The lowest BCUT2D eigenvalue weighted by Gasteiger charge is -2.31. The zero-order valence-electron chi connectivity index (χ0n) is 15.1. The summed E-state index contributed by atoms with van der Waals surface area (Å²) in [6.45, 7) is 5.22. The van der Waals surface area contributed by atoms with E-state index in [1.54, 1.807) is 0 Å². The standard InChI is InChI=1S/C18H24N4O4/c1-10-13(11(2)26-22-10)8-25-17-5-6-24-9-16(17)19-18(23)15-7-14(20-21-15)12-3-4-12/h7,12,16-17H,3-6,8-9H2,1-2H3,(H,19,23)(H,20,21)/t16-,17+/m0/s1. The molecule has 0 unspecified atom stereocenters. The molecule has 8 heteroatoms. The van der Waals surface area contributed by atoms with Gasteiger partial charge < -0.3 is 19.3 Å². The van der Waals surface area contributed by atoms with Gasteiger partial charge >= 0.3 is 0 Å². The molecular formula is C18H24N4O4. The molecule has 2 N–H and O–H groups in total. The van der Waals surface area contributed by atoms with Crippen molar-refractivity contribution in [2.45, 2.75) is 57.8 Å². The number of H-pyrrole nitrogens is 1. The van der Waals surface area contributed by atoms with E-state index < -0.39 is 0 Å². The van der Waals surface area contributed by atoms with Gasteiger partial charge in [0, 0.05) is 23.8 Å². The zero-order valence-corrected chi connectivity index (χ0v) is 15.1. The number of hydrogen-bond donors (Lipinski definition) is 2.